The molecule has 0 radical (unpaired) electrons. The molecule has 4 nitrogen and oxygen atoms in total. The molecule has 0 atom stereocenters. The number of rotatable bonds is 4. The molecule has 0 bridgehead atoms. The number of nitriles is 1. The summed E-state index contributed by atoms with van der Waals surface area (Å²) in [5.41, 5.74) is 2.16. The van der Waals surface area contributed by atoms with Crippen molar-refractivity contribution in [1.82, 2.24) is 0 Å². The number of aryl methyl sites for hydroxylation is 1. The maximum absolute atomic E-state index is 12.3. The highest BCUT2D eigenvalue weighted by molar-refractivity contribution is 7.87. The van der Waals surface area contributed by atoms with Crippen LogP contribution in [-0.4, -0.2) is 8.42 Å². The maximum atomic E-state index is 12.3. The molecule has 22 heavy (non-hydrogen) atoms. The Morgan fingerprint density at radius 1 is 1.09 bits per heavy atom. The Hall–Kier alpha value is -2.32. The number of hydrogen-bond donors (Lipinski definition) is 0. The van der Waals surface area contributed by atoms with Crippen molar-refractivity contribution in [1.29, 1.82) is 5.26 Å². The number of benzene rings is 2. The Balaban J connectivity index is 2.36. The van der Waals surface area contributed by atoms with E-state index in [1.807, 2.05) is 32.0 Å². The smallest absolute Gasteiger partial charge is 0.339 e. The van der Waals surface area contributed by atoms with Crippen LogP contribution in [0.1, 0.15) is 36.5 Å². The van der Waals surface area contributed by atoms with Crippen LogP contribution in [-0.2, 0) is 10.1 Å². The average molecular weight is 315 g/mol. The second kappa shape index (κ2) is 6.20. The third-order valence-corrected chi connectivity index (χ3v) is 4.60. The Morgan fingerprint density at radius 3 is 2.27 bits per heavy atom. The molecule has 0 fully saturated rings. The van der Waals surface area contributed by atoms with E-state index in [-0.39, 0.29) is 10.8 Å². The molecule has 0 aliphatic rings. The van der Waals surface area contributed by atoms with E-state index >= 15 is 0 Å². The van der Waals surface area contributed by atoms with Crippen LogP contribution >= 0.6 is 0 Å². The summed E-state index contributed by atoms with van der Waals surface area (Å²) in [6, 6.07) is 13.2. The Bertz CT molecular complexity index is 816. The van der Waals surface area contributed by atoms with Gasteiger partial charge in [-0.1, -0.05) is 26.0 Å². The van der Waals surface area contributed by atoms with Gasteiger partial charge < -0.3 is 4.18 Å². The fourth-order valence-corrected chi connectivity index (χ4v) is 2.91. The first-order valence-corrected chi connectivity index (χ1v) is 8.29. The van der Waals surface area contributed by atoms with Crippen LogP contribution in [0.25, 0.3) is 0 Å². The van der Waals surface area contributed by atoms with Crippen LogP contribution < -0.4 is 4.18 Å². The molecule has 0 aliphatic carbocycles. The summed E-state index contributed by atoms with van der Waals surface area (Å²) in [5.74, 6) is 0.608. The van der Waals surface area contributed by atoms with E-state index in [2.05, 4.69) is 0 Å². The minimum atomic E-state index is -3.91. The summed E-state index contributed by atoms with van der Waals surface area (Å²) >= 11 is 0. The lowest BCUT2D eigenvalue weighted by atomic mass is 10.0. The van der Waals surface area contributed by atoms with Crippen LogP contribution in [0.15, 0.2) is 47.4 Å². The highest BCUT2D eigenvalue weighted by Gasteiger charge is 2.18. The number of hydrogen-bond acceptors (Lipinski definition) is 4. The molecule has 114 valence electrons. The summed E-state index contributed by atoms with van der Waals surface area (Å²) in [4.78, 5) is 0.0286. The molecule has 0 aromatic heterocycles. The van der Waals surface area contributed by atoms with Gasteiger partial charge in [-0.25, -0.2) is 0 Å². The minimum Gasteiger partial charge on any atom is -0.379 e. The van der Waals surface area contributed by atoms with Crippen LogP contribution in [0.4, 0.5) is 0 Å². The number of nitrogens with zero attached hydrogens (tertiary/aromatic N) is 1. The van der Waals surface area contributed by atoms with Gasteiger partial charge in [-0.3, -0.25) is 0 Å². The van der Waals surface area contributed by atoms with Crippen molar-refractivity contribution in [3.05, 3.63) is 59.2 Å². The summed E-state index contributed by atoms with van der Waals surface area (Å²) in [6.45, 7) is 5.86. The van der Waals surface area contributed by atoms with E-state index in [0.29, 0.717) is 11.3 Å². The Kier molecular flexibility index (Phi) is 4.53. The van der Waals surface area contributed by atoms with Crippen LogP contribution in [0.2, 0.25) is 0 Å². The molecular weight excluding hydrogens is 298 g/mol. The predicted octanol–water partition coefficient (Wildman–Crippen LogP) is 3.76. The zero-order valence-electron chi connectivity index (χ0n) is 12.7. The lowest BCUT2D eigenvalue weighted by Gasteiger charge is -2.12. The molecule has 0 N–H and O–H groups in total. The molecule has 0 unspecified atom stereocenters. The van der Waals surface area contributed by atoms with Crippen LogP contribution in [0.3, 0.4) is 0 Å². The van der Waals surface area contributed by atoms with Crippen molar-refractivity contribution in [3.63, 3.8) is 0 Å². The van der Waals surface area contributed by atoms with Crippen LogP contribution in [0, 0.1) is 18.3 Å². The van der Waals surface area contributed by atoms with Gasteiger partial charge in [0.1, 0.15) is 10.6 Å². The van der Waals surface area contributed by atoms with Gasteiger partial charge in [0.15, 0.2) is 0 Å². The monoisotopic (exact) mass is 315 g/mol. The molecule has 5 heteroatoms. The third kappa shape index (κ3) is 3.46. The largest absolute Gasteiger partial charge is 0.379 e. The second-order valence-corrected chi connectivity index (χ2v) is 6.90. The molecule has 0 amide bonds. The summed E-state index contributed by atoms with van der Waals surface area (Å²) in [6.07, 6.45) is 0. The molecule has 0 saturated carbocycles. The van der Waals surface area contributed by atoms with E-state index in [4.69, 9.17) is 9.44 Å². The predicted molar refractivity (Wildman–Crippen MR) is 84.2 cm³/mol. The van der Waals surface area contributed by atoms with Gasteiger partial charge in [-0.15, -0.1) is 0 Å². The van der Waals surface area contributed by atoms with E-state index in [1.54, 1.807) is 13.0 Å². The Morgan fingerprint density at radius 2 is 1.73 bits per heavy atom. The zero-order chi connectivity index (χ0) is 16.3. The molecule has 0 heterocycles. The molecule has 0 spiro atoms. The molecule has 2 rings (SSSR count). The average Bonchev–Trinajstić information content (AvgIpc) is 2.49. The Labute approximate surface area is 131 Å². The fraction of sp³-hybridized carbons (Fsp3) is 0.235. The third-order valence-electron chi connectivity index (χ3n) is 3.35. The van der Waals surface area contributed by atoms with Crippen molar-refractivity contribution in [2.24, 2.45) is 0 Å². The second-order valence-electron chi connectivity index (χ2n) is 5.35. The van der Waals surface area contributed by atoms with Gasteiger partial charge in [-0.2, -0.15) is 13.7 Å². The van der Waals surface area contributed by atoms with Crippen molar-refractivity contribution < 1.29 is 12.6 Å². The maximum Gasteiger partial charge on any atom is 0.339 e. The standard InChI is InChI=1S/C17H17NO3S/c1-12(2)15-7-4-13(3)17(10-15)21-22(19,20)16-8-5-14(11-18)6-9-16/h4-10,12H,1-3H3. The first kappa shape index (κ1) is 16.1. The highest BCUT2D eigenvalue weighted by Crippen LogP contribution is 2.27. The summed E-state index contributed by atoms with van der Waals surface area (Å²) < 4.78 is 29.9. The van der Waals surface area contributed by atoms with E-state index in [1.165, 1.54) is 24.3 Å². The van der Waals surface area contributed by atoms with Gasteiger partial charge in [0.25, 0.3) is 0 Å². The van der Waals surface area contributed by atoms with E-state index < -0.39 is 10.1 Å². The van der Waals surface area contributed by atoms with Gasteiger partial charge in [0.05, 0.1) is 11.6 Å². The van der Waals surface area contributed by atoms with Crippen LogP contribution in [0.5, 0.6) is 5.75 Å². The fourth-order valence-electron chi connectivity index (χ4n) is 1.93. The van der Waals surface area contributed by atoms with Gasteiger partial charge in [-0.05, 0) is 54.3 Å². The van der Waals surface area contributed by atoms with Gasteiger partial charge in [0, 0.05) is 0 Å². The summed E-state index contributed by atoms with van der Waals surface area (Å²) in [5, 5.41) is 8.75. The lowest BCUT2D eigenvalue weighted by molar-refractivity contribution is 0.483. The molecule has 2 aromatic carbocycles. The van der Waals surface area contributed by atoms with E-state index in [9.17, 15) is 8.42 Å². The first-order chi connectivity index (χ1) is 10.3. The molecule has 0 aliphatic heterocycles. The zero-order valence-corrected chi connectivity index (χ0v) is 13.5. The van der Waals surface area contributed by atoms with Crippen molar-refractivity contribution in [2.75, 3.05) is 0 Å². The van der Waals surface area contributed by atoms with Crippen molar-refractivity contribution >= 4 is 10.1 Å². The quantitative estimate of drug-likeness (QED) is 0.806. The topological polar surface area (TPSA) is 67.2 Å². The van der Waals surface area contributed by atoms with Gasteiger partial charge in [0.2, 0.25) is 0 Å². The SMILES string of the molecule is Cc1ccc(C(C)C)cc1OS(=O)(=O)c1ccc(C#N)cc1. The molecule has 2 aromatic rings. The van der Waals surface area contributed by atoms with Gasteiger partial charge >= 0.3 is 10.1 Å². The first-order valence-electron chi connectivity index (χ1n) is 6.88. The lowest BCUT2D eigenvalue weighted by Crippen LogP contribution is -2.10. The molecule has 0 saturated heterocycles. The van der Waals surface area contributed by atoms with E-state index in [0.717, 1.165) is 11.1 Å². The highest BCUT2D eigenvalue weighted by atomic mass is 32.2. The van der Waals surface area contributed by atoms with Crippen molar-refractivity contribution in [2.45, 2.75) is 31.6 Å². The molecular formula is C17H17NO3S. The minimum absolute atomic E-state index is 0.0286. The van der Waals surface area contributed by atoms with Crippen molar-refractivity contribution in [3.8, 4) is 11.8 Å². The normalized spacial score (nSPS) is 11.2. The summed E-state index contributed by atoms with van der Waals surface area (Å²) in [7, 11) is -3.91.